The molecular formula is C30H40ClN3O2. The van der Waals surface area contributed by atoms with E-state index in [-0.39, 0.29) is 17.7 Å². The van der Waals surface area contributed by atoms with Crippen LogP contribution in [0.25, 0.3) is 11.1 Å². The van der Waals surface area contributed by atoms with Crippen LogP contribution in [0.4, 0.5) is 0 Å². The third kappa shape index (κ3) is 7.81. The predicted molar refractivity (Wildman–Crippen MR) is 147 cm³/mol. The van der Waals surface area contributed by atoms with Gasteiger partial charge in [-0.1, -0.05) is 74.2 Å². The summed E-state index contributed by atoms with van der Waals surface area (Å²) in [5, 5.41) is 3.93. The first kappa shape index (κ1) is 26.7. The highest BCUT2D eigenvalue weighted by atomic mass is 35.5. The number of benzene rings is 2. The van der Waals surface area contributed by atoms with E-state index in [1.165, 1.54) is 36.0 Å². The van der Waals surface area contributed by atoms with Gasteiger partial charge in [-0.15, -0.1) is 0 Å². The molecule has 1 N–H and O–H groups in total. The van der Waals surface area contributed by atoms with E-state index in [1.54, 1.807) is 0 Å². The lowest BCUT2D eigenvalue weighted by Gasteiger charge is -2.25. The number of hydrogen-bond acceptors (Lipinski definition) is 3. The lowest BCUT2D eigenvalue weighted by atomic mass is 9.95. The molecule has 2 amide bonds. The second-order valence-electron chi connectivity index (χ2n) is 10.6. The molecule has 1 atom stereocenters. The van der Waals surface area contributed by atoms with Crippen LogP contribution in [0.2, 0.25) is 5.02 Å². The molecule has 1 unspecified atom stereocenters. The second kappa shape index (κ2) is 13.3. The summed E-state index contributed by atoms with van der Waals surface area (Å²) in [6, 6.07) is 16.9. The minimum Gasteiger partial charge on any atom is -0.353 e. The maximum atomic E-state index is 13.0. The van der Waals surface area contributed by atoms with Gasteiger partial charge in [0.05, 0.1) is 0 Å². The molecule has 0 radical (unpaired) electrons. The van der Waals surface area contributed by atoms with Gasteiger partial charge in [-0.25, -0.2) is 0 Å². The number of carbonyl (C=O) groups is 2. The van der Waals surface area contributed by atoms with Crippen molar-refractivity contribution in [2.45, 2.75) is 70.9 Å². The van der Waals surface area contributed by atoms with E-state index in [0.29, 0.717) is 18.9 Å². The molecule has 4 rings (SSSR count). The van der Waals surface area contributed by atoms with Gasteiger partial charge >= 0.3 is 0 Å². The van der Waals surface area contributed by atoms with E-state index in [2.05, 4.69) is 46.6 Å². The van der Waals surface area contributed by atoms with Gasteiger partial charge in [0.25, 0.3) is 0 Å². The highest BCUT2D eigenvalue weighted by Crippen LogP contribution is 2.26. The van der Waals surface area contributed by atoms with Gasteiger partial charge in [0, 0.05) is 56.6 Å². The minimum absolute atomic E-state index is 0.0618. The molecule has 6 heteroatoms. The van der Waals surface area contributed by atoms with Crippen molar-refractivity contribution in [2.75, 3.05) is 26.2 Å². The Kier molecular flexibility index (Phi) is 9.82. The van der Waals surface area contributed by atoms with Crippen molar-refractivity contribution in [3.8, 4) is 11.1 Å². The van der Waals surface area contributed by atoms with Crippen LogP contribution in [0.3, 0.4) is 0 Å². The van der Waals surface area contributed by atoms with Gasteiger partial charge in [0.1, 0.15) is 0 Å². The Balaban J connectivity index is 1.26. The largest absolute Gasteiger partial charge is 0.353 e. The number of nitrogens with one attached hydrogen (secondary N) is 1. The monoisotopic (exact) mass is 509 g/mol. The van der Waals surface area contributed by atoms with Crippen LogP contribution >= 0.6 is 11.6 Å². The quantitative estimate of drug-likeness (QED) is 0.481. The van der Waals surface area contributed by atoms with E-state index < -0.39 is 0 Å². The Labute approximate surface area is 221 Å². The average molecular weight is 510 g/mol. The summed E-state index contributed by atoms with van der Waals surface area (Å²) in [6.45, 7) is 6.24. The van der Waals surface area contributed by atoms with E-state index >= 15 is 0 Å². The Morgan fingerprint density at radius 1 is 0.917 bits per heavy atom. The molecule has 2 aliphatic rings. The van der Waals surface area contributed by atoms with Crippen LogP contribution in [0.5, 0.6) is 0 Å². The molecule has 0 spiro atoms. The first-order chi connectivity index (χ1) is 17.5. The summed E-state index contributed by atoms with van der Waals surface area (Å²) in [4.78, 5) is 29.9. The molecule has 2 aromatic carbocycles. The molecule has 2 aromatic rings. The van der Waals surface area contributed by atoms with Gasteiger partial charge in [0.15, 0.2) is 0 Å². The number of carbonyl (C=O) groups excluding carboxylic acids is 2. The van der Waals surface area contributed by atoms with Crippen molar-refractivity contribution in [3.63, 3.8) is 0 Å². The number of halogens is 1. The zero-order chi connectivity index (χ0) is 25.3. The summed E-state index contributed by atoms with van der Waals surface area (Å²) in [5.74, 6) is 0.340. The van der Waals surface area contributed by atoms with Crippen LogP contribution in [-0.2, 0) is 16.1 Å². The van der Waals surface area contributed by atoms with Crippen molar-refractivity contribution in [2.24, 2.45) is 5.92 Å². The molecule has 0 aromatic heterocycles. The molecule has 2 fully saturated rings. The van der Waals surface area contributed by atoms with Gasteiger partial charge in [-0.2, -0.15) is 0 Å². The third-order valence-electron chi connectivity index (χ3n) is 7.53. The summed E-state index contributed by atoms with van der Waals surface area (Å²) in [6.07, 6.45) is 7.71. The van der Waals surface area contributed by atoms with Crippen molar-refractivity contribution < 1.29 is 9.59 Å². The SMILES string of the molecule is CC(CC(=O)NC1CCCCC1)CC(=O)N1CCCN(Cc2ccccc2-c2ccc(Cl)cc2)CC1. The van der Waals surface area contributed by atoms with E-state index in [9.17, 15) is 9.59 Å². The normalized spacial score (nSPS) is 18.4. The summed E-state index contributed by atoms with van der Waals surface area (Å²) in [7, 11) is 0. The van der Waals surface area contributed by atoms with Crippen LogP contribution < -0.4 is 5.32 Å². The summed E-state index contributed by atoms with van der Waals surface area (Å²) < 4.78 is 0. The minimum atomic E-state index is 0.0618. The van der Waals surface area contributed by atoms with Crippen molar-refractivity contribution in [1.82, 2.24) is 15.1 Å². The molecule has 194 valence electrons. The molecule has 1 aliphatic heterocycles. The standard InChI is InChI=1S/C30H40ClN3O2/c1-23(20-29(35)32-27-9-3-2-4-10-27)21-30(36)34-17-7-16-33(18-19-34)22-25-8-5-6-11-28(25)24-12-14-26(31)15-13-24/h5-6,8,11-15,23,27H,2-4,7,9-10,16-22H2,1H3,(H,32,35). The molecule has 5 nitrogen and oxygen atoms in total. The molecule has 1 aliphatic carbocycles. The number of hydrogen-bond donors (Lipinski definition) is 1. The van der Waals surface area contributed by atoms with E-state index in [1.807, 2.05) is 24.0 Å². The first-order valence-corrected chi connectivity index (χ1v) is 14.0. The number of nitrogens with zero attached hydrogens (tertiary/aromatic N) is 2. The van der Waals surface area contributed by atoms with Crippen LogP contribution in [0, 0.1) is 5.92 Å². The molecule has 36 heavy (non-hydrogen) atoms. The Bertz CT molecular complexity index is 1000. The molecule has 1 heterocycles. The maximum absolute atomic E-state index is 13.0. The van der Waals surface area contributed by atoms with Crippen molar-refractivity contribution in [1.29, 1.82) is 0 Å². The van der Waals surface area contributed by atoms with E-state index in [4.69, 9.17) is 11.6 Å². The van der Waals surface area contributed by atoms with Crippen LogP contribution in [-0.4, -0.2) is 53.8 Å². The van der Waals surface area contributed by atoms with Crippen molar-refractivity contribution in [3.05, 3.63) is 59.1 Å². The predicted octanol–water partition coefficient (Wildman–Crippen LogP) is 5.91. The Hall–Kier alpha value is -2.37. The Morgan fingerprint density at radius 2 is 1.67 bits per heavy atom. The molecule has 1 saturated carbocycles. The zero-order valence-electron chi connectivity index (χ0n) is 21.6. The smallest absolute Gasteiger partial charge is 0.222 e. The van der Waals surface area contributed by atoms with Crippen LogP contribution in [0.15, 0.2) is 48.5 Å². The molecule has 1 saturated heterocycles. The molecular weight excluding hydrogens is 470 g/mol. The van der Waals surface area contributed by atoms with Gasteiger partial charge in [0.2, 0.25) is 11.8 Å². The van der Waals surface area contributed by atoms with Crippen LogP contribution in [0.1, 0.15) is 63.9 Å². The second-order valence-corrected chi connectivity index (χ2v) is 11.0. The van der Waals surface area contributed by atoms with E-state index in [0.717, 1.165) is 57.0 Å². The Morgan fingerprint density at radius 3 is 2.44 bits per heavy atom. The lowest BCUT2D eigenvalue weighted by Crippen LogP contribution is -2.38. The number of amides is 2. The highest BCUT2D eigenvalue weighted by Gasteiger charge is 2.23. The fraction of sp³-hybridized carbons (Fsp3) is 0.533. The summed E-state index contributed by atoms with van der Waals surface area (Å²) >= 11 is 6.09. The number of rotatable bonds is 8. The lowest BCUT2D eigenvalue weighted by molar-refractivity contribution is -0.132. The molecule has 0 bridgehead atoms. The zero-order valence-corrected chi connectivity index (χ0v) is 22.3. The van der Waals surface area contributed by atoms with Gasteiger partial charge < -0.3 is 10.2 Å². The fourth-order valence-electron chi connectivity index (χ4n) is 5.54. The maximum Gasteiger partial charge on any atom is 0.222 e. The fourth-order valence-corrected chi connectivity index (χ4v) is 5.66. The first-order valence-electron chi connectivity index (χ1n) is 13.6. The van der Waals surface area contributed by atoms with Gasteiger partial charge in [-0.05, 0) is 54.0 Å². The average Bonchev–Trinajstić information content (AvgIpc) is 3.11. The van der Waals surface area contributed by atoms with Crippen molar-refractivity contribution >= 4 is 23.4 Å². The summed E-state index contributed by atoms with van der Waals surface area (Å²) in [5.41, 5.74) is 3.69. The van der Waals surface area contributed by atoms with Gasteiger partial charge in [-0.3, -0.25) is 14.5 Å². The third-order valence-corrected chi connectivity index (χ3v) is 7.79. The topological polar surface area (TPSA) is 52.7 Å². The highest BCUT2D eigenvalue weighted by molar-refractivity contribution is 6.30.